The smallest absolute Gasteiger partial charge is 0.119 e. The van der Waals surface area contributed by atoms with Crippen LogP contribution in [0.25, 0.3) is 0 Å². The summed E-state index contributed by atoms with van der Waals surface area (Å²) >= 11 is 0. The van der Waals surface area contributed by atoms with Gasteiger partial charge in [0, 0.05) is 13.0 Å². The summed E-state index contributed by atoms with van der Waals surface area (Å²) in [5.41, 5.74) is 0. The van der Waals surface area contributed by atoms with Gasteiger partial charge in [-0.05, 0) is 37.7 Å². The molecule has 0 rings (SSSR count). The maximum absolute atomic E-state index is 9.40. The van der Waals surface area contributed by atoms with Crippen LogP contribution in [0.2, 0.25) is 0 Å². The Morgan fingerprint density at radius 2 is 2.06 bits per heavy atom. The Bertz CT molecular complexity index is 331. The van der Waals surface area contributed by atoms with E-state index in [0.717, 1.165) is 12.8 Å². The fraction of sp³-hybridized carbons (Fsp3) is 0.429. The van der Waals surface area contributed by atoms with E-state index >= 15 is 0 Å². The Morgan fingerprint density at radius 1 is 1.25 bits per heavy atom. The lowest BCUT2D eigenvalue weighted by molar-refractivity contribution is 0.236. The summed E-state index contributed by atoms with van der Waals surface area (Å²) < 4.78 is 0. The molecule has 1 unspecified atom stereocenters. The molecule has 0 aliphatic carbocycles. The zero-order valence-corrected chi connectivity index (χ0v) is 9.61. The van der Waals surface area contributed by atoms with E-state index < -0.39 is 6.10 Å². The second-order valence-electron chi connectivity index (χ2n) is 3.13. The lowest BCUT2D eigenvalue weighted by Gasteiger charge is -1.95. The first kappa shape index (κ1) is 14.5. The second-order valence-corrected chi connectivity index (χ2v) is 3.13. The summed E-state index contributed by atoms with van der Waals surface area (Å²) in [6.45, 7) is 2.08. The number of unbranched alkanes of at least 4 members (excludes halogenated alkanes) is 1. The maximum atomic E-state index is 9.40. The second kappa shape index (κ2) is 11.6. The minimum Gasteiger partial charge on any atom is -0.396 e. The molecule has 0 aromatic heterocycles. The lowest BCUT2D eigenvalue weighted by atomic mass is 10.2. The van der Waals surface area contributed by atoms with Crippen molar-refractivity contribution in [3.63, 3.8) is 0 Å². The van der Waals surface area contributed by atoms with Gasteiger partial charge in [-0.25, -0.2) is 0 Å². The quantitative estimate of drug-likeness (QED) is 0.418. The summed E-state index contributed by atoms with van der Waals surface area (Å²) in [6, 6.07) is 0. The molecule has 86 valence electrons. The number of hydrogen-bond acceptors (Lipinski definition) is 2. The van der Waals surface area contributed by atoms with Crippen LogP contribution in [-0.2, 0) is 0 Å². The van der Waals surface area contributed by atoms with E-state index in [4.69, 9.17) is 5.11 Å². The van der Waals surface area contributed by atoms with Gasteiger partial charge in [0.2, 0.25) is 0 Å². The predicted octanol–water partition coefficient (Wildman–Crippen LogP) is 1.65. The fourth-order valence-electron chi connectivity index (χ4n) is 0.892. The molecule has 0 aromatic carbocycles. The molecule has 2 N–H and O–H groups in total. The highest BCUT2D eigenvalue weighted by Gasteiger charge is 1.92. The van der Waals surface area contributed by atoms with Crippen LogP contribution in [0.15, 0.2) is 24.3 Å². The van der Waals surface area contributed by atoms with Gasteiger partial charge in [0.15, 0.2) is 0 Å². The molecule has 0 saturated heterocycles. The minimum absolute atomic E-state index is 0.202. The molecule has 0 aliphatic heterocycles. The standard InChI is InChI=1S/C14H18O2/c1-2-3-4-5-8-11-14(16)12-9-6-7-10-13-15/h2-3,6,9,14-16H,7,10,12-13H2,1H3. The SMILES string of the molecule is CC=CC#CC#CC(O)CC=CCCCO. The molecule has 0 aromatic rings. The third kappa shape index (κ3) is 10.6. The average Bonchev–Trinajstić information content (AvgIpc) is 2.28. The number of rotatable bonds is 5. The first-order valence-corrected chi connectivity index (χ1v) is 5.37. The van der Waals surface area contributed by atoms with Crippen molar-refractivity contribution in [1.82, 2.24) is 0 Å². The van der Waals surface area contributed by atoms with E-state index in [9.17, 15) is 5.11 Å². The van der Waals surface area contributed by atoms with Crippen molar-refractivity contribution in [2.24, 2.45) is 0 Å². The van der Waals surface area contributed by atoms with E-state index in [1.165, 1.54) is 0 Å². The molecule has 1 atom stereocenters. The van der Waals surface area contributed by atoms with Crippen molar-refractivity contribution in [2.75, 3.05) is 6.61 Å². The number of hydrogen-bond donors (Lipinski definition) is 2. The Morgan fingerprint density at radius 3 is 2.75 bits per heavy atom. The van der Waals surface area contributed by atoms with Gasteiger partial charge in [0.25, 0.3) is 0 Å². The van der Waals surface area contributed by atoms with E-state index in [0.29, 0.717) is 6.42 Å². The summed E-state index contributed by atoms with van der Waals surface area (Å²) in [5.74, 6) is 10.5. The molecular formula is C14H18O2. The van der Waals surface area contributed by atoms with Gasteiger partial charge in [-0.2, -0.15) is 0 Å². The van der Waals surface area contributed by atoms with Gasteiger partial charge in [-0.3, -0.25) is 0 Å². The van der Waals surface area contributed by atoms with Crippen LogP contribution >= 0.6 is 0 Å². The van der Waals surface area contributed by atoms with Crippen molar-refractivity contribution >= 4 is 0 Å². The molecule has 0 aliphatic rings. The van der Waals surface area contributed by atoms with Gasteiger partial charge in [-0.15, -0.1) is 0 Å². The summed E-state index contributed by atoms with van der Waals surface area (Å²) in [7, 11) is 0. The molecule has 0 bridgehead atoms. The lowest BCUT2D eigenvalue weighted by Crippen LogP contribution is -1.99. The number of aliphatic hydroxyl groups excluding tert-OH is 2. The van der Waals surface area contributed by atoms with Crippen LogP contribution < -0.4 is 0 Å². The molecule has 2 heteroatoms. The molecule has 0 amide bonds. The van der Waals surface area contributed by atoms with Crippen LogP contribution in [0, 0.1) is 23.7 Å². The predicted molar refractivity (Wildman–Crippen MR) is 66.4 cm³/mol. The first-order valence-electron chi connectivity index (χ1n) is 5.37. The van der Waals surface area contributed by atoms with Crippen LogP contribution in [0.4, 0.5) is 0 Å². The van der Waals surface area contributed by atoms with E-state index in [1.54, 1.807) is 6.08 Å². The maximum Gasteiger partial charge on any atom is 0.119 e. The Hall–Kier alpha value is -1.48. The molecule has 0 heterocycles. The van der Waals surface area contributed by atoms with Gasteiger partial charge < -0.3 is 10.2 Å². The van der Waals surface area contributed by atoms with Crippen molar-refractivity contribution in [2.45, 2.75) is 32.3 Å². The zero-order valence-electron chi connectivity index (χ0n) is 9.61. The van der Waals surface area contributed by atoms with E-state index in [-0.39, 0.29) is 6.61 Å². The highest BCUT2D eigenvalue weighted by molar-refractivity contribution is 5.31. The van der Waals surface area contributed by atoms with Crippen molar-refractivity contribution < 1.29 is 10.2 Å². The fourth-order valence-corrected chi connectivity index (χ4v) is 0.892. The Balaban J connectivity index is 3.78. The first-order chi connectivity index (χ1) is 7.81. The van der Waals surface area contributed by atoms with Crippen molar-refractivity contribution in [1.29, 1.82) is 0 Å². The molecule has 0 radical (unpaired) electrons. The number of aliphatic hydroxyl groups is 2. The largest absolute Gasteiger partial charge is 0.396 e. The molecule has 0 fully saturated rings. The highest BCUT2D eigenvalue weighted by atomic mass is 16.3. The third-order valence-corrected chi connectivity index (χ3v) is 1.68. The van der Waals surface area contributed by atoms with Crippen LogP contribution in [0.3, 0.4) is 0 Å². The summed E-state index contributed by atoms with van der Waals surface area (Å²) in [4.78, 5) is 0. The summed E-state index contributed by atoms with van der Waals surface area (Å²) in [5, 5.41) is 17.9. The van der Waals surface area contributed by atoms with E-state index in [1.807, 2.05) is 25.2 Å². The van der Waals surface area contributed by atoms with Gasteiger partial charge in [-0.1, -0.05) is 30.1 Å². The topological polar surface area (TPSA) is 40.5 Å². The van der Waals surface area contributed by atoms with E-state index in [2.05, 4.69) is 23.7 Å². The highest BCUT2D eigenvalue weighted by Crippen LogP contribution is 1.95. The molecule has 2 nitrogen and oxygen atoms in total. The molecule has 16 heavy (non-hydrogen) atoms. The van der Waals surface area contributed by atoms with Crippen LogP contribution in [0.1, 0.15) is 26.2 Å². The average molecular weight is 218 g/mol. The molecule has 0 spiro atoms. The Kier molecular flexibility index (Phi) is 10.5. The van der Waals surface area contributed by atoms with Gasteiger partial charge >= 0.3 is 0 Å². The minimum atomic E-state index is -0.662. The van der Waals surface area contributed by atoms with Crippen LogP contribution in [0.5, 0.6) is 0 Å². The zero-order chi connectivity index (χ0) is 12.1. The van der Waals surface area contributed by atoms with Gasteiger partial charge in [0.05, 0.1) is 0 Å². The third-order valence-electron chi connectivity index (χ3n) is 1.68. The normalized spacial score (nSPS) is 11.9. The van der Waals surface area contributed by atoms with Gasteiger partial charge in [0.1, 0.15) is 6.10 Å². The molecular weight excluding hydrogens is 200 g/mol. The number of allylic oxidation sites excluding steroid dienone is 3. The van der Waals surface area contributed by atoms with Crippen molar-refractivity contribution in [3.8, 4) is 23.7 Å². The Labute approximate surface area is 97.7 Å². The molecule has 0 saturated carbocycles. The monoisotopic (exact) mass is 218 g/mol. The summed E-state index contributed by atoms with van der Waals surface area (Å²) in [6.07, 6.45) is 8.77. The van der Waals surface area contributed by atoms with Crippen LogP contribution in [-0.4, -0.2) is 22.9 Å². The van der Waals surface area contributed by atoms with Crippen molar-refractivity contribution in [3.05, 3.63) is 24.3 Å².